The normalized spacial score (nSPS) is 15.4. The Morgan fingerprint density at radius 1 is 0.950 bits per heavy atom. The van der Waals surface area contributed by atoms with Crippen LogP contribution in [-0.4, -0.2) is 31.2 Å². The predicted octanol–water partition coefficient (Wildman–Crippen LogP) is 2.13. The van der Waals surface area contributed by atoms with E-state index in [0.29, 0.717) is 11.5 Å². The van der Waals surface area contributed by atoms with Crippen LogP contribution in [0.5, 0.6) is 0 Å². The Balaban J connectivity index is 1.68. The number of rotatable bonds is 2. The third-order valence-corrected chi connectivity index (χ3v) is 3.61. The van der Waals surface area contributed by atoms with Gasteiger partial charge >= 0.3 is 0 Å². The number of nitrogen functional groups attached to an aromatic ring is 1. The average molecular weight is 272 g/mol. The number of para-hydroxylation sites is 1. The topological polar surface area (TPSA) is 45.4 Å². The molecule has 1 saturated heterocycles. The highest BCUT2D eigenvalue weighted by Gasteiger charge is 2.19. The van der Waals surface area contributed by atoms with Gasteiger partial charge in [-0.1, -0.05) is 12.1 Å². The summed E-state index contributed by atoms with van der Waals surface area (Å²) >= 11 is 0. The number of hydrogen-bond acceptors (Lipinski definition) is 4. The SMILES string of the molecule is Nc1ccc(N2CCN(c3ccccc3F)CC2)cn1. The van der Waals surface area contributed by atoms with Crippen molar-refractivity contribution < 1.29 is 4.39 Å². The van der Waals surface area contributed by atoms with E-state index in [1.807, 2.05) is 18.2 Å². The molecule has 0 saturated carbocycles. The van der Waals surface area contributed by atoms with Gasteiger partial charge in [0, 0.05) is 26.2 Å². The Morgan fingerprint density at radius 3 is 2.30 bits per heavy atom. The minimum absolute atomic E-state index is 0.157. The standard InChI is InChI=1S/C15H17FN4/c16-13-3-1-2-4-14(13)20-9-7-19(8-10-20)12-5-6-15(17)18-11-12/h1-6,11H,7-10H2,(H2,17,18). The molecule has 1 aromatic heterocycles. The molecule has 0 spiro atoms. The first-order valence-electron chi connectivity index (χ1n) is 6.70. The summed E-state index contributed by atoms with van der Waals surface area (Å²) in [6, 6.07) is 10.7. The zero-order valence-corrected chi connectivity index (χ0v) is 11.2. The minimum atomic E-state index is -0.157. The number of nitrogens with zero attached hydrogens (tertiary/aromatic N) is 3. The van der Waals surface area contributed by atoms with E-state index in [0.717, 1.165) is 31.9 Å². The zero-order chi connectivity index (χ0) is 13.9. The lowest BCUT2D eigenvalue weighted by atomic mass is 10.2. The summed E-state index contributed by atoms with van der Waals surface area (Å²) in [5.41, 5.74) is 7.34. The number of benzene rings is 1. The molecule has 1 aliphatic heterocycles. The fourth-order valence-corrected chi connectivity index (χ4v) is 2.50. The van der Waals surface area contributed by atoms with Crippen LogP contribution in [0.2, 0.25) is 0 Å². The molecule has 4 nitrogen and oxygen atoms in total. The molecular formula is C15H17FN4. The fourth-order valence-electron chi connectivity index (χ4n) is 2.50. The summed E-state index contributed by atoms with van der Waals surface area (Å²) < 4.78 is 13.8. The third-order valence-electron chi connectivity index (χ3n) is 3.61. The van der Waals surface area contributed by atoms with Crippen LogP contribution in [-0.2, 0) is 0 Å². The number of hydrogen-bond donors (Lipinski definition) is 1. The van der Waals surface area contributed by atoms with Crippen LogP contribution >= 0.6 is 0 Å². The maximum absolute atomic E-state index is 13.8. The number of halogens is 1. The van der Waals surface area contributed by atoms with E-state index in [2.05, 4.69) is 14.8 Å². The van der Waals surface area contributed by atoms with Crippen molar-refractivity contribution in [1.82, 2.24) is 4.98 Å². The Bertz CT molecular complexity index is 577. The Hall–Kier alpha value is -2.30. The van der Waals surface area contributed by atoms with Gasteiger partial charge in [-0.3, -0.25) is 0 Å². The van der Waals surface area contributed by atoms with E-state index in [9.17, 15) is 4.39 Å². The molecule has 2 aromatic rings. The molecule has 0 unspecified atom stereocenters. The van der Waals surface area contributed by atoms with Gasteiger partial charge in [0.15, 0.2) is 0 Å². The van der Waals surface area contributed by atoms with Crippen LogP contribution in [0.4, 0.5) is 21.6 Å². The van der Waals surface area contributed by atoms with E-state index in [4.69, 9.17) is 5.73 Å². The van der Waals surface area contributed by atoms with Crippen LogP contribution in [0.15, 0.2) is 42.6 Å². The van der Waals surface area contributed by atoms with E-state index in [-0.39, 0.29) is 5.82 Å². The second kappa shape index (κ2) is 5.36. The van der Waals surface area contributed by atoms with Crippen LogP contribution in [0, 0.1) is 5.82 Å². The largest absolute Gasteiger partial charge is 0.384 e. The molecule has 0 aliphatic carbocycles. The molecule has 104 valence electrons. The highest BCUT2D eigenvalue weighted by molar-refractivity contribution is 5.52. The highest BCUT2D eigenvalue weighted by atomic mass is 19.1. The Kier molecular flexibility index (Phi) is 3.41. The van der Waals surface area contributed by atoms with Gasteiger partial charge < -0.3 is 15.5 Å². The molecule has 0 radical (unpaired) electrons. The molecule has 1 fully saturated rings. The van der Waals surface area contributed by atoms with E-state index in [1.54, 1.807) is 18.3 Å². The summed E-state index contributed by atoms with van der Waals surface area (Å²) in [7, 11) is 0. The molecule has 3 rings (SSSR count). The van der Waals surface area contributed by atoms with Crippen LogP contribution < -0.4 is 15.5 Å². The maximum atomic E-state index is 13.8. The van der Waals surface area contributed by atoms with Gasteiger partial charge in [-0.05, 0) is 24.3 Å². The zero-order valence-electron chi connectivity index (χ0n) is 11.2. The van der Waals surface area contributed by atoms with Crippen LogP contribution in [0.1, 0.15) is 0 Å². The van der Waals surface area contributed by atoms with Crippen molar-refractivity contribution in [2.75, 3.05) is 41.7 Å². The van der Waals surface area contributed by atoms with Gasteiger partial charge in [0.25, 0.3) is 0 Å². The number of anilines is 3. The lowest BCUT2D eigenvalue weighted by molar-refractivity contribution is 0.598. The van der Waals surface area contributed by atoms with E-state index >= 15 is 0 Å². The van der Waals surface area contributed by atoms with Gasteiger partial charge in [-0.25, -0.2) is 9.37 Å². The van der Waals surface area contributed by atoms with Crippen molar-refractivity contribution in [3.05, 3.63) is 48.4 Å². The molecule has 0 amide bonds. The first kappa shape index (κ1) is 12.7. The summed E-state index contributed by atoms with van der Waals surface area (Å²) in [5.74, 6) is 0.369. The number of aromatic nitrogens is 1. The monoisotopic (exact) mass is 272 g/mol. The molecule has 20 heavy (non-hydrogen) atoms. The molecule has 2 N–H and O–H groups in total. The van der Waals surface area contributed by atoms with Gasteiger partial charge in [0.1, 0.15) is 11.6 Å². The van der Waals surface area contributed by atoms with Crippen molar-refractivity contribution in [3.63, 3.8) is 0 Å². The van der Waals surface area contributed by atoms with Crippen molar-refractivity contribution in [2.45, 2.75) is 0 Å². The van der Waals surface area contributed by atoms with Crippen molar-refractivity contribution in [1.29, 1.82) is 0 Å². The van der Waals surface area contributed by atoms with Crippen molar-refractivity contribution in [3.8, 4) is 0 Å². The van der Waals surface area contributed by atoms with Gasteiger partial charge in [0.2, 0.25) is 0 Å². The molecule has 2 heterocycles. The molecule has 1 aromatic carbocycles. The van der Waals surface area contributed by atoms with Gasteiger partial charge in [0.05, 0.1) is 17.6 Å². The molecule has 5 heteroatoms. The van der Waals surface area contributed by atoms with Gasteiger partial charge in [-0.15, -0.1) is 0 Å². The van der Waals surface area contributed by atoms with E-state index in [1.165, 1.54) is 6.07 Å². The van der Waals surface area contributed by atoms with E-state index < -0.39 is 0 Å². The Labute approximate surface area is 117 Å². The average Bonchev–Trinajstić information content (AvgIpc) is 2.49. The lowest BCUT2D eigenvalue weighted by Gasteiger charge is -2.37. The van der Waals surface area contributed by atoms with Crippen molar-refractivity contribution >= 4 is 17.2 Å². The second-order valence-electron chi connectivity index (χ2n) is 4.87. The summed E-state index contributed by atoms with van der Waals surface area (Å²) in [5, 5.41) is 0. The van der Waals surface area contributed by atoms with Crippen LogP contribution in [0.25, 0.3) is 0 Å². The summed E-state index contributed by atoms with van der Waals surface area (Å²) in [6.45, 7) is 3.29. The van der Waals surface area contributed by atoms with Gasteiger partial charge in [-0.2, -0.15) is 0 Å². The number of pyridine rings is 1. The first-order chi connectivity index (χ1) is 9.74. The molecule has 1 aliphatic rings. The predicted molar refractivity (Wildman–Crippen MR) is 79.5 cm³/mol. The first-order valence-corrected chi connectivity index (χ1v) is 6.70. The lowest BCUT2D eigenvalue weighted by Crippen LogP contribution is -2.46. The Morgan fingerprint density at radius 2 is 1.65 bits per heavy atom. The maximum Gasteiger partial charge on any atom is 0.146 e. The third kappa shape index (κ3) is 2.52. The fraction of sp³-hybridized carbons (Fsp3) is 0.267. The molecular weight excluding hydrogens is 255 g/mol. The second-order valence-corrected chi connectivity index (χ2v) is 4.87. The summed E-state index contributed by atoms with van der Waals surface area (Å²) in [4.78, 5) is 8.43. The molecule has 0 bridgehead atoms. The quantitative estimate of drug-likeness (QED) is 0.909. The number of piperazine rings is 1. The summed E-state index contributed by atoms with van der Waals surface area (Å²) in [6.07, 6.45) is 1.79. The highest BCUT2D eigenvalue weighted by Crippen LogP contribution is 2.22. The minimum Gasteiger partial charge on any atom is -0.384 e. The van der Waals surface area contributed by atoms with Crippen LogP contribution in [0.3, 0.4) is 0 Å². The smallest absolute Gasteiger partial charge is 0.146 e. The molecule has 0 atom stereocenters. The van der Waals surface area contributed by atoms with Crippen molar-refractivity contribution in [2.24, 2.45) is 0 Å². The number of nitrogens with two attached hydrogens (primary N) is 1.